The van der Waals surface area contributed by atoms with Crippen molar-refractivity contribution >= 4 is 0 Å². The Morgan fingerprint density at radius 1 is 0.926 bits per heavy atom. The molecule has 3 aromatic rings. The Morgan fingerprint density at radius 2 is 1.56 bits per heavy atom. The first-order valence-corrected chi connectivity index (χ1v) is 9.13. The van der Waals surface area contributed by atoms with Gasteiger partial charge in [-0.2, -0.15) is 5.10 Å². The van der Waals surface area contributed by atoms with Gasteiger partial charge in [0.15, 0.2) is 5.69 Å². The van der Waals surface area contributed by atoms with E-state index in [-0.39, 0.29) is 18.2 Å². The number of ether oxygens (including phenoxy) is 1. The van der Waals surface area contributed by atoms with Crippen LogP contribution in [0.25, 0.3) is 0 Å². The van der Waals surface area contributed by atoms with Crippen molar-refractivity contribution in [2.45, 2.75) is 32.0 Å². The SMILES string of the molecule is O=c1c(C2CCCO2)nn(Cc2ccccc2)c(=O)n1Cc1ccccc1. The van der Waals surface area contributed by atoms with Crippen molar-refractivity contribution in [1.29, 1.82) is 0 Å². The highest BCUT2D eigenvalue weighted by atomic mass is 16.5. The van der Waals surface area contributed by atoms with Crippen LogP contribution in [-0.4, -0.2) is 21.0 Å². The summed E-state index contributed by atoms with van der Waals surface area (Å²) in [4.78, 5) is 26.0. The molecule has 6 heteroatoms. The molecule has 27 heavy (non-hydrogen) atoms. The average molecular weight is 363 g/mol. The minimum absolute atomic E-state index is 0.218. The smallest absolute Gasteiger partial charge is 0.348 e. The van der Waals surface area contributed by atoms with E-state index in [2.05, 4.69) is 5.10 Å². The normalized spacial score (nSPS) is 16.5. The molecule has 1 atom stereocenters. The lowest BCUT2D eigenvalue weighted by Crippen LogP contribution is -2.44. The zero-order chi connectivity index (χ0) is 18.6. The van der Waals surface area contributed by atoms with Gasteiger partial charge >= 0.3 is 5.69 Å². The monoisotopic (exact) mass is 363 g/mol. The van der Waals surface area contributed by atoms with Crippen LogP contribution >= 0.6 is 0 Å². The van der Waals surface area contributed by atoms with Crippen molar-refractivity contribution in [2.24, 2.45) is 0 Å². The second kappa shape index (κ2) is 7.72. The molecule has 0 N–H and O–H groups in total. The van der Waals surface area contributed by atoms with Crippen molar-refractivity contribution in [3.8, 4) is 0 Å². The molecule has 1 aliphatic heterocycles. The molecule has 4 rings (SSSR count). The summed E-state index contributed by atoms with van der Waals surface area (Å²) in [5.74, 6) is 0. The Kier molecular flexibility index (Phi) is 4.98. The minimum Gasteiger partial charge on any atom is -0.372 e. The number of hydrogen-bond acceptors (Lipinski definition) is 4. The third-order valence-corrected chi connectivity index (χ3v) is 4.74. The Labute approximate surface area is 156 Å². The van der Waals surface area contributed by atoms with E-state index in [0.717, 1.165) is 24.0 Å². The number of aromatic nitrogens is 3. The third-order valence-electron chi connectivity index (χ3n) is 4.74. The molecule has 1 aliphatic rings. The fourth-order valence-corrected chi connectivity index (χ4v) is 3.34. The molecular formula is C21H21N3O3. The summed E-state index contributed by atoms with van der Waals surface area (Å²) in [5.41, 5.74) is 1.40. The van der Waals surface area contributed by atoms with E-state index in [0.29, 0.717) is 18.8 Å². The number of rotatable bonds is 5. The largest absolute Gasteiger partial charge is 0.372 e. The van der Waals surface area contributed by atoms with E-state index in [9.17, 15) is 9.59 Å². The Bertz CT molecular complexity index is 1020. The Balaban J connectivity index is 1.80. The first-order chi connectivity index (χ1) is 13.2. The number of nitrogens with zero attached hydrogens (tertiary/aromatic N) is 3. The molecule has 138 valence electrons. The molecule has 0 aliphatic carbocycles. The van der Waals surface area contributed by atoms with E-state index in [1.165, 1.54) is 9.25 Å². The maximum Gasteiger partial charge on any atom is 0.348 e. The fraction of sp³-hybridized carbons (Fsp3) is 0.286. The molecule has 0 radical (unpaired) electrons. The van der Waals surface area contributed by atoms with E-state index in [4.69, 9.17) is 4.74 Å². The molecule has 6 nitrogen and oxygen atoms in total. The standard InChI is InChI=1S/C21H21N3O3/c25-20-19(18-12-7-13-27-18)22-24(15-17-10-5-2-6-11-17)21(26)23(20)14-16-8-3-1-4-9-16/h1-6,8-11,18H,7,12-15H2. The fourth-order valence-electron chi connectivity index (χ4n) is 3.34. The summed E-state index contributed by atoms with van der Waals surface area (Å²) >= 11 is 0. The second-order valence-electron chi connectivity index (χ2n) is 6.69. The van der Waals surface area contributed by atoms with Gasteiger partial charge in [0.1, 0.15) is 6.10 Å². The summed E-state index contributed by atoms with van der Waals surface area (Å²) < 4.78 is 8.32. The molecular weight excluding hydrogens is 342 g/mol. The van der Waals surface area contributed by atoms with Crippen LogP contribution in [0.5, 0.6) is 0 Å². The molecule has 0 saturated carbocycles. The Hall–Kier alpha value is -2.99. The van der Waals surface area contributed by atoms with E-state index >= 15 is 0 Å². The summed E-state index contributed by atoms with van der Waals surface area (Å²) in [6.45, 7) is 1.15. The van der Waals surface area contributed by atoms with Gasteiger partial charge in [-0.05, 0) is 24.0 Å². The summed E-state index contributed by atoms with van der Waals surface area (Å²) in [6.07, 6.45) is 1.29. The van der Waals surface area contributed by atoms with Gasteiger partial charge in [0.25, 0.3) is 5.56 Å². The quantitative estimate of drug-likeness (QED) is 0.698. The lowest BCUT2D eigenvalue weighted by Gasteiger charge is -2.15. The van der Waals surface area contributed by atoms with Gasteiger partial charge in [-0.25, -0.2) is 9.48 Å². The molecule has 1 unspecified atom stereocenters. The van der Waals surface area contributed by atoms with Gasteiger partial charge in [0, 0.05) is 6.61 Å². The summed E-state index contributed by atoms with van der Waals surface area (Å²) in [7, 11) is 0. The van der Waals surface area contributed by atoms with Gasteiger partial charge in [-0.15, -0.1) is 0 Å². The van der Waals surface area contributed by atoms with Gasteiger partial charge in [-0.3, -0.25) is 9.36 Å². The van der Waals surface area contributed by atoms with Crippen LogP contribution in [0.2, 0.25) is 0 Å². The molecule has 0 amide bonds. The van der Waals surface area contributed by atoms with Crippen LogP contribution in [0, 0.1) is 0 Å². The highest BCUT2D eigenvalue weighted by Crippen LogP contribution is 2.24. The minimum atomic E-state index is -0.408. The predicted octanol–water partition coefficient (Wildman–Crippen LogP) is 2.35. The topological polar surface area (TPSA) is 66.1 Å². The number of hydrogen-bond donors (Lipinski definition) is 0. The van der Waals surface area contributed by atoms with Crippen LogP contribution in [0.3, 0.4) is 0 Å². The molecule has 2 heterocycles. The highest BCUT2D eigenvalue weighted by molar-refractivity contribution is 5.17. The van der Waals surface area contributed by atoms with E-state index in [1.807, 2.05) is 60.7 Å². The zero-order valence-electron chi connectivity index (χ0n) is 15.0. The van der Waals surface area contributed by atoms with Crippen molar-refractivity contribution < 1.29 is 4.74 Å². The highest BCUT2D eigenvalue weighted by Gasteiger charge is 2.25. The van der Waals surface area contributed by atoms with E-state index < -0.39 is 5.69 Å². The number of benzene rings is 2. The van der Waals surface area contributed by atoms with Crippen molar-refractivity contribution in [3.05, 3.63) is 98.3 Å². The lowest BCUT2D eigenvalue weighted by atomic mass is 10.2. The second-order valence-corrected chi connectivity index (χ2v) is 6.69. The maximum atomic E-state index is 13.0. The van der Waals surface area contributed by atoms with E-state index in [1.54, 1.807) is 0 Å². The first-order valence-electron chi connectivity index (χ1n) is 9.13. The van der Waals surface area contributed by atoms with Gasteiger partial charge < -0.3 is 4.74 Å². The van der Waals surface area contributed by atoms with Crippen LogP contribution in [-0.2, 0) is 17.8 Å². The van der Waals surface area contributed by atoms with Crippen LogP contribution in [0.15, 0.2) is 70.3 Å². The predicted molar refractivity (Wildman–Crippen MR) is 102 cm³/mol. The third kappa shape index (κ3) is 3.75. The van der Waals surface area contributed by atoms with Gasteiger partial charge in [0.05, 0.1) is 13.1 Å². The summed E-state index contributed by atoms with van der Waals surface area (Å²) in [6, 6.07) is 19.1. The molecule has 1 aromatic heterocycles. The Morgan fingerprint density at radius 3 is 2.15 bits per heavy atom. The zero-order valence-corrected chi connectivity index (χ0v) is 15.0. The average Bonchev–Trinajstić information content (AvgIpc) is 3.23. The molecule has 2 aromatic carbocycles. The maximum absolute atomic E-state index is 13.0. The van der Waals surface area contributed by atoms with Gasteiger partial charge in [-0.1, -0.05) is 60.7 Å². The lowest BCUT2D eigenvalue weighted by molar-refractivity contribution is 0.104. The van der Waals surface area contributed by atoms with Crippen molar-refractivity contribution in [1.82, 2.24) is 14.3 Å². The van der Waals surface area contributed by atoms with Crippen LogP contribution in [0.1, 0.15) is 35.8 Å². The van der Waals surface area contributed by atoms with Crippen LogP contribution in [0.4, 0.5) is 0 Å². The molecule has 0 spiro atoms. The molecule has 1 fully saturated rings. The molecule has 0 bridgehead atoms. The van der Waals surface area contributed by atoms with Crippen molar-refractivity contribution in [2.75, 3.05) is 6.61 Å². The van der Waals surface area contributed by atoms with Crippen molar-refractivity contribution in [3.63, 3.8) is 0 Å². The first kappa shape index (κ1) is 17.4. The van der Waals surface area contributed by atoms with Gasteiger partial charge in [0.2, 0.25) is 0 Å². The summed E-state index contributed by atoms with van der Waals surface area (Å²) in [5, 5.41) is 4.40. The van der Waals surface area contributed by atoms with Crippen LogP contribution < -0.4 is 11.2 Å². The molecule has 1 saturated heterocycles.